The summed E-state index contributed by atoms with van der Waals surface area (Å²) in [6, 6.07) is 13.1. The number of methoxy groups -OCH3 is 2. The molecule has 2 aliphatic rings. The van der Waals surface area contributed by atoms with Crippen LogP contribution in [-0.2, 0) is 32.2 Å². The SMILES string of the molecule is COCCNC(COC)c1ccc(COc2cccc3c2CN(C2CCC(=O)CC2=O)C3=O)cc1. The topological polar surface area (TPSA) is 94.2 Å². The number of hydrogen-bond donors (Lipinski definition) is 1. The Labute approximate surface area is 205 Å². The molecule has 1 N–H and O–H groups in total. The van der Waals surface area contributed by atoms with Gasteiger partial charge in [0.15, 0.2) is 5.78 Å². The second kappa shape index (κ2) is 11.6. The lowest BCUT2D eigenvalue weighted by Gasteiger charge is -2.29. The van der Waals surface area contributed by atoms with Crippen molar-refractivity contribution in [2.75, 3.05) is 34.0 Å². The summed E-state index contributed by atoms with van der Waals surface area (Å²) in [6.07, 6.45) is 0.643. The minimum absolute atomic E-state index is 0.0512. The molecule has 1 saturated carbocycles. The maximum absolute atomic E-state index is 13.0. The molecule has 1 heterocycles. The Morgan fingerprint density at radius 2 is 1.86 bits per heavy atom. The van der Waals surface area contributed by atoms with Gasteiger partial charge in [-0.15, -0.1) is 0 Å². The highest BCUT2D eigenvalue weighted by atomic mass is 16.5. The molecule has 2 aromatic carbocycles. The van der Waals surface area contributed by atoms with E-state index in [2.05, 4.69) is 17.4 Å². The minimum Gasteiger partial charge on any atom is -0.489 e. The van der Waals surface area contributed by atoms with E-state index in [-0.39, 0.29) is 29.9 Å². The molecule has 1 amide bonds. The van der Waals surface area contributed by atoms with Crippen LogP contribution in [0.25, 0.3) is 0 Å². The van der Waals surface area contributed by atoms with Crippen molar-refractivity contribution in [2.45, 2.75) is 44.5 Å². The number of carbonyl (C=O) groups excluding carboxylic acids is 3. The number of carbonyl (C=O) groups is 3. The summed E-state index contributed by atoms with van der Waals surface area (Å²) in [4.78, 5) is 38.6. The summed E-state index contributed by atoms with van der Waals surface area (Å²) >= 11 is 0. The zero-order valence-electron chi connectivity index (χ0n) is 20.2. The number of Topliss-reactive ketones (excluding diaryl/α,β-unsaturated/α-hetero) is 2. The number of nitrogens with zero attached hydrogens (tertiary/aromatic N) is 1. The van der Waals surface area contributed by atoms with E-state index >= 15 is 0 Å². The summed E-state index contributed by atoms with van der Waals surface area (Å²) in [5.74, 6) is 0.242. The molecule has 0 saturated heterocycles. The summed E-state index contributed by atoms with van der Waals surface area (Å²) in [5.41, 5.74) is 3.47. The van der Waals surface area contributed by atoms with Crippen LogP contribution >= 0.6 is 0 Å². The Morgan fingerprint density at radius 1 is 1.06 bits per heavy atom. The zero-order chi connectivity index (χ0) is 24.8. The first-order valence-corrected chi connectivity index (χ1v) is 11.9. The fourth-order valence-corrected chi connectivity index (χ4v) is 4.68. The van der Waals surface area contributed by atoms with Gasteiger partial charge in [-0.25, -0.2) is 0 Å². The molecule has 2 unspecified atom stereocenters. The van der Waals surface area contributed by atoms with Crippen molar-refractivity contribution in [3.05, 3.63) is 64.7 Å². The molecule has 4 rings (SSSR count). The largest absolute Gasteiger partial charge is 0.489 e. The van der Waals surface area contributed by atoms with Gasteiger partial charge in [0.05, 0.1) is 38.3 Å². The van der Waals surface area contributed by atoms with E-state index in [4.69, 9.17) is 14.2 Å². The molecule has 8 heteroatoms. The number of ether oxygens (including phenoxy) is 3. The van der Waals surface area contributed by atoms with Crippen molar-refractivity contribution in [1.29, 1.82) is 0 Å². The Kier molecular flexibility index (Phi) is 8.28. The third-order valence-corrected chi connectivity index (χ3v) is 6.58. The van der Waals surface area contributed by atoms with E-state index in [1.54, 1.807) is 31.3 Å². The van der Waals surface area contributed by atoms with E-state index in [9.17, 15) is 14.4 Å². The fraction of sp³-hybridized carbons (Fsp3) is 0.444. The standard InChI is InChI=1S/C27H32N2O6/c1-33-13-12-28-23(17-34-2)19-8-6-18(7-9-19)16-35-26-5-3-4-21-22(26)15-29(27(21)32)24-11-10-20(30)14-25(24)31/h3-9,23-24,28H,10-17H2,1-2H3. The molecule has 0 aromatic heterocycles. The van der Waals surface area contributed by atoms with Crippen LogP contribution in [0.2, 0.25) is 0 Å². The van der Waals surface area contributed by atoms with Crippen LogP contribution in [-0.4, -0.2) is 62.4 Å². The molecule has 8 nitrogen and oxygen atoms in total. The Hall–Kier alpha value is -3.07. The second-order valence-corrected chi connectivity index (χ2v) is 8.94. The summed E-state index contributed by atoms with van der Waals surface area (Å²) in [5, 5.41) is 3.42. The highest BCUT2D eigenvalue weighted by Gasteiger charge is 2.39. The molecule has 35 heavy (non-hydrogen) atoms. The first-order valence-electron chi connectivity index (χ1n) is 11.9. The molecule has 0 spiro atoms. The first kappa shape index (κ1) is 25.0. The van der Waals surface area contributed by atoms with Crippen molar-refractivity contribution in [2.24, 2.45) is 0 Å². The molecule has 1 fully saturated rings. The average Bonchev–Trinajstić information content (AvgIpc) is 3.19. The smallest absolute Gasteiger partial charge is 0.255 e. The van der Waals surface area contributed by atoms with Crippen molar-refractivity contribution in [1.82, 2.24) is 10.2 Å². The minimum atomic E-state index is -0.537. The van der Waals surface area contributed by atoms with Gasteiger partial charge in [-0.1, -0.05) is 30.3 Å². The van der Waals surface area contributed by atoms with Crippen LogP contribution in [0.15, 0.2) is 42.5 Å². The van der Waals surface area contributed by atoms with Gasteiger partial charge in [0, 0.05) is 38.3 Å². The van der Waals surface area contributed by atoms with Crippen LogP contribution in [0.5, 0.6) is 5.75 Å². The van der Waals surface area contributed by atoms with Gasteiger partial charge in [-0.3, -0.25) is 14.4 Å². The third-order valence-electron chi connectivity index (χ3n) is 6.58. The summed E-state index contributed by atoms with van der Waals surface area (Å²) in [6.45, 7) is 2.58. The van der Waals surface area contributed by atoms with Crippen molar-refractivity contribution in [3.8, 4) is 5.75 Å². The van der Waals surface area contributed by atoms with E-state index < -0.39 is 6.04 Å². The number of amides is 1. The van der Waals surface area contributed by atoms with Gasteiger partial charge in [0.1, 0.15) is 18.1 Å². The van der Waals surface area contributed by atoms with E-state index in [1.807, 2.05) is 18.2 Å². The van der Waals surface area contributed by atoms with Gasteiger partial charge in [0.25, 0.3) is 5.91 Å². The van der Waals surface area contributed by atoms with Gasteiger partial charge < -0.3 is 24.4 Å². The van der Waals surface area contributed by atoms with Crippen LogP contribution in [0.3, 0.4) is 0 Å². The number of hydrogen-bond acceptors (Lipinski definition) is 7. The number of fused-ring (bicyclic) bond motifs is 1. The normalized spacial score (nSPS) is 18.6. The number of benzene rings is 2. The van der Waals surface area contributed by atoms with Crippen LogP contribution in [0.1, 0.15) is 52.4 Å². The van der Waals surface area contributed by atoms with Gasteiger partial charge in [0.2, 0.25) is 0 Å². The number of rotatable bonds is 11. The lowest BCUT2D eigenvalue weighted by Crippen LogP contribution is -2.44. The quantitative estimate of drug-likeness (QED) is 0.390. The summed E-state index contributed by atoms with van der Waals surface area (Å²) in [7, 11) is 3.36. The molecule has 1 aliphatic heterocycles. The van der Waals surface area contributed by atoms with Crippen molar-refractivity contribution < 1.29 is 28.6 Å². The maximum atomic E-state index is 13.0. The number of ketones is 2. The maximum Gasteiger partial charge on any atom is 0.255 e. The average molecular weight is 481 g/mol. The predicted molar refractivity (Wildman–Crippen MR) is 129 cm³/mol. The highest BCUT2D eigenvalue weighted by molar-refractivity contribution is 6.07. The molecule has 1 aliphatic carbocycles. The third kappa shape index (κ3) is 5.78. The van der Waals surface area contributed by atoms with Crippen LogP contribution in [0, 0.1) is 0 Å². The van der Waals surface area contributed by atoms with E-state index in [0.29, 0.717) is 50.5 Å². The zero-order valence-corrected chi connectivity index (χ0v) is 20.2. The van der Waals surface area contributed by atoms with Gasteiger partial charge in [-0.05, 0) is 29.7 Å². The molecule has 186 valence electrons. The van der Waals surface area contributed by atoms with E-state index in [0.717, 1.165) is 23.2 Å². The lowest BCUT2D eigenvalue weighted by atomic mass is 9.92. The lowest BCUT2D eigenvalue weighted by molar-refractivity contribution is -0.133. The predicted octanol–water partition coefficient (Wildman–Crippen LogP) is 2.84. The van der Waals surface area contributed by atoms with Crippen molar-refractivity contribution in [3.63, 3.8) is 0 Å². The van der Waals surface area contributed by atoms with Gasteiger partial charge >= 0.3 is 0 Å². The number of nitrogens with one attached hydrogen (secondary N) is 1. The van der Waals surface area contributed by atoms with Crippen molar-refractivity contribution >= 4 is 17.5 Å². The van der Waals surface area contributed by atoms with Gasteiger partial charge in [-0.2, -0.15) is 0 Å². The molecule has 0 radical (unpaired) electrons. The highest BCUT2D eigenvalue weighted by Crippen LogP contribution is 2.34. The van der Waals surface area contributed by atoms with Crippen LogP contribution < -0.4 is 10.1 Å². The Balaban J connectivity index is 1.41. The Bertz CT molecular complexity index is 1070. The first-order chi connectivity index (χ1) is 17.0. The molecular weight excluding hydrogens is 448 g/mol. The molecule has 0 bridgehead atoms. The molecule has 2 atom stereocenters. The monoisotopic (exact) mass is 480 g/mol. The molecule has 2 aromatic rings. The Morgan fingerprint density at radius 3 is 2.57 bits per heavy atom. The second-order valence-electron chi connectivity index (χ2n) is 8.94. The van der Waals surface area contributed by atoms with E-state index in [1.165, 1.54) is 0 Å². The molecular formula is C27H32N2O6. The fourth-order valence-electron chi connectivity index (χ4n) is 4.68. The van der Waals surface area contributed by atoms with Crippen LogP contribution in [0.4, 0.5) is 0 Å². The summed E-state index contributed by atoms with van der Waals surface area (Å²) < 4.78 is 16.6.